The zero-order valence-electron chi connectivity index (χ0n) is 13.8. The van der Waals surface area contributed by atoms with Crippen molar-refractivity contribution < 1.29 is 4.74 Å². The number of benzene rings is 1. The zero-order chi connectivity index (χ0) is 15.1. The minimum Gasteiger partial charge on any atom is -0.494 e. The molecule has 21 heavy (non-hydrogen) atoms. The second-order valence-electron chi connectivity index (χ2n) is 5.85. The molecule has 118 valence electrons. The van der Waals surface area contributed by atoms with Gasteiger partial charge in [-0.15, -0.1) is 0 Å². The van der Waals surface area contributed by atoms with E-state index in [2.05, 4.69) is 55.3 Å². The van der Waals surface area contributed by atoms with Crippen molar-refractivity contribution in [2.75, 3.05) is 26.2 Å². The second-order valence-corrected chi connectivity index (χ2v) is 5.85. The Balaban J connectivity index is 1.99. The highest BCUT2D eigenvalue weighted by Crippen LogP contribution is 2.29. The van der Waals surface area contributed by atoms with Crippen LogP contribution in [0.2, 0.25) is 0 Å². The van der Waals surface area contributed by atoms with Crippen LogP contribution in [-0.2, 0) is 0 Å². The van der Waals surface area contributed by atoms with Crippen LogP contribution in [0.4, 0.5) is 0 Å². The van der Waals surface area contributed by atoms with Gasteiger partial charge in [0.25, 0.3) is 0 Å². The maximum atomic E-state index is 5.67. The Morgan fingerprint density at radius 1 is 1.19 bits per heavy atom. The number of rotatable bonds is 10. The van der Waals surface area contributed by atoms with Gasteiger partial charge < -0.3 is 10.1 Å². The molecule has 3 heteroatoms. The summed E-state index contributed by atoms with van der Waals surface area (Å²) >= 11 is 0. The third kappa shape index (κ3) is 5.01. The van der Waals surface area contributed by atoms with Gasteiger partial charge in [-0.05, 0) is 50.0 Å². The summed E-state index contributed by atoms with van der Waals surface area (Å²) in [4.78, 5) is 2.61. The highest BCUT2D eigenvalue weighted by Gasteiger charge is 2.29. The second kappa shape index (κ2) is 8.40. The van der Waals surface area contributed by atoms with Crippen LogP contribution < -0.4 is 10.1 Å². The van der Waals surface area contributed by atoms with Crippen LogP contribution in [0.15, 0.2) is 24.3 Å². The third-order valence-corrected chi connectivity index (χ3v) is 4.09. The minimum absolute atomic E-state index is 0.413. The Labute approximate surface area is 129 Å². The fourth-order valence-corrected chi connectivity index (χ4v) is 2.76. The molecule has 1 aromatic rings. The average molecular weight is 290 g/mol. The van der Waals surface area contributed by atoms with Crippen molar-refractivity contribution in [1.82, 2.24) is 10.2 Å². The number of hydrogen-bond donors (Lipinski definition) is 1. The van der Waals surface area contributed by atoms with Gasteiger partial charge in [-0.3, -0.25) is 4.90 Å². The lowest BCUT2D eigenvalue weighted by molar-refractivity contribution is 0.245. The largest absolute Gasteiger partial charge is 0.494 e. The first-order valence-corrected chi connectivity index (χ1v) is 8.48. The molecule has 1 aliphatic carbocycles. The number of nitrogens with zero attached hydrogens (tertiary/aromatic N) is 1. The fraction of sp³-hybridized carbons (Fsp3) is 0.667. The van der Waals surface area contributed by atoms with Gasteiger partial charge in [-0.25, -0.2) is 0 Å². The van der Waals surface area contributed by atoms with Gasteiger partial charge in [-0.1, -0.05) is 32.9 Å². The molecule has 1 fully saturated rings. The van der Waals surface area contributed by atoms with E-state index in [9.17, 15) is 0 Å². The number of ether oxygens (including phenoxy) is 1. The summed E-state index contributed by atoms with van der Waals surface area (Å²) in [6, 6.07) is 9.85. The molecule has 2 rings (SSSR count). The molecule has 1 unspecified atom stereocenters. The summed E-state index contributed by atoms with van der Waals surface area (Å²) in [6.45, 7) is 10.6. The molecule has 1 aromatic carbocycles. The summed E-state index contributed by atoms with van der Waals surface area (Å²) in [5.41, 5.74) is 1.36. The normalized spacial score (nSPS) is 16.2. The lowest BCUT2D eigenvalue weighted by Crippen LogP contribution is -2.36. The van der Waals surface area contributed by atoms with E-state index in [-0.39, 0.29) is 0 Å². The summed E-state index contributed by atoms with van der Waals surface area (Å²) in [6.07, 6.45) is 3.79. The first-order valence-electron chi connectivity index (χ1n) is 8.48. The van der Waals surface area contributed by atoms with Crippen molar-refractivity contribution in [2.24, 2.45) is 0 Å². The zero-order valence-corrected chi connectivity index (χ0v) is 13.8. The number of hydrogen-bond acceptors (Lipinski definition) is 3. The highest BCUT2D eigenvalue weighted by atomic mass is 16.5. The summed E-state index contributed by atoms with van der Waals surface area (Å²) in [5, 5.41) is 3.63. The van der Waals surface area contributed by atoms with Crippen molar-refractivity contribution in [2.45, 2.75) is 52.1 Å². The van der Waals surface area contributed by atoms with E-state index in [1.807, 2.05) is 0 Å². The molecule has 0 amide bonds. The monoisotopic (exact) mass is 290 g/mol. The first-order chi connectivity index (χ1) is 10.3. The molecule has 0 aromatic heterocycles. The minimum atomic E-state index is 0.413. The van der Waals surface area contributed by atoms with Crippen LogP contribution in [0.5, 0.6) is 5.75 Å². The van der Waals surface area contributed by atoms with Crippen molar-refractivity contribution >= 4 is 0 Å². The van der Waals surface area contributed by atoms with E-state index in [1.54, 1.807) is 0 Å². The molecule has 0 radical (unpaired) electrons. The van der Waals surface area contributed by atoms with Crippen LogP contribution in [0.25, 0.3) is 0 Å². The Kier molecular flexibility index (Phi) is 6.52. The van der Waals surface area contributed by atoms with E-state index in [0.29, 0.717) is 6.04 Å². The van der Waals surface area contributed by atoms with Gasteiger partial charge in [0.05, 0.1) is 6.61 Å². The molecule has 0 heterocycles. The topological polar surface area (TPSA) is 24.5 Å². The van der Waals surface area contributed by atoms with E-state index < -0.39 is 0 Å². The van der Waals surface area contributed by atoms with Gasteiger partial charge in [0.1, 0.15) is 5.75 Å². The Morgan fingerprint density at radius 2 is 1.90 bits per heavy atom. The Bertz CT molecular complexity index is 400. The van der Waals surface area contributed by atoms with E-state index in [4.69, 9.17) is 4.74 Å². The van der Waals surface area contributed by atoms with Crippen molar-refractivity contribution in [1.29, 1.82) is 0 Å². The molecule has 1 aliphatic rings. The third-order valence-electron chi connectivity index (χ3n) is 4.09. The molecule has 0 spiro atoms. The van der Waals surface area contributed by atoms with Crippen LogP contribution in [0, 0.1) is 0 Å². The van der Waals surface area contributed by atoms with Crippen molar-refractivity contribution in [3.8, 4) is 5.75 Å². The molecule has 1 saturated carbocycles. The van der Waals surface area contributed by atoms with Crippen LogP contribution in [0.3, 0.4) is 0 Å². The molecule has 3 nitrogen and oxygen atoms in total. The summed E-state index contributed by atoms with van der Waals surface area (Å²) in [7, 11) is 0. The fourth-order valence-electron chi connectivity index (χ4n) is 2.76. The lowest BCUT2D eigenvalue weighted by Gasteiger charge is -2.27. The van der Waals surface area contributed by atoms with E-state index in [0.717, 1.165) is 44.5 Å². The van der Waals surface area contributed by atoms with Gasteiger partial charge in [0, 0.05) is 18.6 Å². The summed E-state index contributed by atoms with van der Waals surface area (Å²) < 4.78 is 5.67. The first kappa shape index (κ1) is 16.3. The van der Waals surface area contributed by atoms with Gasteiger partial charge in [0.2, 0.25) is 0 Å². The standard InChI is InChI=1S/C18H30N2O/c1-4-13-21-17-11-7-15(8-12-17)18(19-5-2)14-20(6-3)16-9-10-16/h7-8,11-12,16,18-19H,4-6,9-10,13-14H2,1-3H3. The molecular weight excluding hydrogens is 260 g/mol. The average Bonchev–Trinajstić information content (AvgIpc) is 3.35. The van der Waals surface area contributed by atoms with Crippen LogP contribution >= 0.6 is 0 Å². The van der Waals surface area contributed by atoms with Gasteiger partial charge >= 0.3 is 0 Å². The predicted octanol–water partition coefficient (Wildman–Crippen LogP) is 3.61. The molecule has 0 aliphatic heterocycles. The molecule has 1 N–H and O–H groups in total. The van der Waals surface area contributed by atoms with Crippen LogP contribution in [0.1, 0.15) is 51.6 Å². The molecule has 1 atom stereocenters. The maximum Gasteiger partial charge on any atom is 0.119 e. The quantitative estimate of drug-likeness (QED) is 0.712. The SMILES string of the molecule is CCCOc1ccc(C(CN(CC)C2CC2)NCC)cc1. The van der Waals surface area contributed by atoms with Gasteiger partial charge in [-0.2, -0.15) is 0 Å². The van der Waals surface area contributed by atoms with Gasteiger partial charge in [0.15, 0.2) is 0 Å². The van der Waals surface area contributed by atoms with E-state index in [1.165, 1.54) is 18.4 Å². The van der Waals surface area contributed by atoms with E-state index >= 15 is 0 Å². The number of nitrogens with one attached hydrogen (secondary N) is 1. The maximum absolute atomic E-state index is 5.67. The smallest absolute Gasteiger partial charge is 0.119 e. The lowest BCUT2D eigenvalue weighted by atomic mass is 10.1. The number of likely N-dealkylation sites (N-methyl/N-ethyl adjacent to an activating group) is 2. The highest BCUT2D eigenvalue weighted by molar-refractivity contribution is 5.29. The molecular formula is C18H30N2O. The van der Waals surface area contributed by atoms with Crippen LogP contribution in [-0.4, -0.2) is 37.2 Å². The van der Waals surface area contributed by atoms with Crippen molar-refractivity contribution in [3.05, 3.63) is 29.8 Å². The molecule has 0 saturated heterocycles. The summed E-state index contributed by atoms with van der Waals surface area (Å²) in [5.74, 6) is 0.977. The molecule has 0 bridgehead atoms. The Morgan fingerprint density at radius 3 is 2.43 bits per heavy atom. The predicted molar refractivity (Wildman–Crippen MR) is 88.9 cm³/mol. The van der Waals surface area contributed by atoms with Crippen molar-refractivity contribution in [3.63, 3.8) is 0 Å². The Hall–Kier alpha value is -1.06.